The Hall–Kier alpha value is -2.55. The molecule has 0 atom stereocenters. The summed E-state index contributed by atoms with van der Waals surface area (Å²) in [6, 6.07) is 10.7. The van der Waals surface area contributed by atoms with Gasteiger partial charge in [0.15, 0.2) is 5.16 Å². The molecule has 2 N–H and O–H groups in total. The van der Waals surface area contributed by atoms with E-state index in [0.29, 0.717) is 26.7 Å². The predicted molar refractivity (Wildman–Crippen MR) is 125 cm³/mol. The molecule has 0 saturated carbocycles. The maximum atomic E-state index is 12.3. The number of rotatable bonds is 7. The SMILES string of the molecule is Cc1cc(C)cc(NC(=O)CSc2nnc(CC(=O)Nc3ccc(Cl)c(Cl)c3)n2C)c1. The zero-order valence-corrected chi connectivity index (χ0v) is 19.5. The molecule has 0 aliphatic heterocycles. The van der Waals surface area contributed by atoms with Crippen LogP contribution in [0.4, 0.5) is 11.4 Å². The highest BCUT2D eigenvalue weighted by Crippen LogP contribution is 2.25. The van der Waals surface area contributed by atoms with Crippen LogP contribution >= 0.6 is 35.0 Å². The lowest BCUT2D eigenvalue weighted by atomic mass is 10.1. The van der Waals surface area contributed by atoms with Crippen LogP contribution in [0.5, 0.6) is 0 Å². The molecular formula is C21H21Cl2N5O2S. The van der Waals surface area contributed by atoms with Gasteiger partial charge in [-0.25, -0.2) is 0 Å². The van der Waals surface area contributed by atoms with Crippen molar-refractivity contribution in [1.82, 2.24) is 14.8 Å². The molecule has 1 aromatic heterocycles. The second-order valence-corrected chi connectivity index (χ2v) is 8.78. The number of hydrogen-bond acceptors (Lipinski definition) is 5. The molecule has 0 aliphatic carbocycles. The minimum atomic E-state index is -0.266. The summed E-state index contributed by atoms with van der Waals surface area (Å²) in [4.78, 5) is 24.6. The Morgan fingerprint density at radius 1 is 0.935 bits per heavy atom. The van der Waals surface area contributed by atoms with Gasteiger partial charge in [-0.3, -0.25) is 9.59 Å². The number of hydrogen-bond donors (Lipinski definition) is 2. The topological polar surface area (TPSA) is 88.9 Å². The number of thioether (sulfide) groups is 1. The zero-order valence-electron chi connectivity index (χ0n) is 17.2. The lowest BCUT2D eigenvalue weighted by molar-refractivity contribution is -0.116. The summed E-state index contributed by atoms with van der Waals surface area (Å²) < 4.78 is 1.70. The number of aromatic nitrogens is 3. The number of aryl methyl sites for hydroxylation is 2. The molecule has 0 fully saturated rings. The number of carbonyl (C=O) groups is 2. The molecule has 3 aromatic rings. The normalized spacial score (nSPS) is 10.7. The van der Waals surface area contributed by atoms with Crippen molar-refractivity contribution in [3.8, 4) is 0 Å². The van der Waals surface area contributed by atoms with E-state index in [1.807, 2.05) is 32.0 Å². The van der Waals surface area contributed by atoms with E-state index in [-0.39, 0.29) is 24.0 Å². The van der Waals surface area contributed by atoms with Crippen LogP contribution in [0.2, 0.25) is 10.0 Å². The van der Waals surface area contributed by atoms with Gasteiger partial charge >= 0.3 is 0 Å². The molecule has 1 heterocycles. The van der Waals surface area contributed by atoms with Crippen molar-refractivity contribution in [2.75, 3.05) is 16.4 Å². The van der Waals surface area contributed by atoms with Crippen LogP contribution in [0, 0.1) is 13.8 Å². The minimum absolute atomic E-state index is 0.0269. The fourth-order valence-corrected chi connectivity index (χ4v) is 3.95. The lowest BCUT2D eigenvalue weighted by Crippen LogP contribution is -2.17. The summed E-state index contributed by atoms with van der Waals surface area (Å²) in [5.41, 5.74) is 3.47. The van der Waals surface area contributed by atoms with Crippen molar-refractivity contribution in [3.05, 3.63) is 63.4 Å². The molecule has 0 saturated heterocycles. The summed E-state index contributed by atoms with van der Waals surface area (Å²) in [5.74, 6) is 0.249. The van der Waals surface area contributed by atoms with Gasteiger partial charge in [0.05, 0.1) is 22.2 Å². The number of nitrogens with zero attached hydrogens (tertiary/aromatic N) is 3. The van der Waals surface area contributed by atoms with E-state index in [1.54, 1.807) is 29.8 Å². The molecule has 0 spiro atoms. The van der Waals surface area contributed by atoms with E-state index in [2.05, 4.69) is 20.8 Å². The predicted octanol–water partition coefficient (Wildman–Crippen LogP) is 4.65. The van der Waals surface area contributed by atoms with Gasteiger partial charge in [0.25, 0.3) is 0 Å². The van der Waals surface area contributed by atoms with E-state index in [4.69, 9.17) is 23.2 Å². The average Bonchev–Trinajstić information content (AvgIpc) is 3.02. The highest BCUT2D eigenvalue weighted by Gasteiger charge is 2.15. The Morgan fingerprint density at radius 3 is 2.29 bits per heavy atom. The van der Waals surface area contributed by atoms with Crippen LogP contribution in [0.1, 0.15) is 17.0 Å². The largest absolute Gasteiger partial charge is 0.326 e. The number of anilines is 2. The van der Waals surface area contributed by atoms with Gasteiger partial charge in [-0.15, -0.1) is 10.2 Å². The highest BCUT2D eigenvalue weighted by atomic mass is 35.5. The van der Waals surface area contributed by atoms with Crippen molar-refractivity contribution in [2.24, 2.45) is 7.05 Å². The van der Waals surface area contributed by atoms with Gasteiger partial charge in [-0.2, -0.15) is 0 Å². The monoisotopic (exact) mass is 477 g/mol. The van der Waals surface area contributed by atoms with E-state index in [0.717, 1.165) is 16.8 Å². The number of amides is 2. The van der Waals surface area contributed by atoms with E-state index in [9.17, 15) is 9.59 Å². The van der Waals surface area contributed by atoms with Crippen molar-refractivity contribution in [3.63, 3.8) is 0 Å². The van der Waals surface area contributed by atoms with Crippen LogP contribution in [0.3, 0.4) is 0 Å². The van der Waals surface area contributed by atoms with Gasteiger partial charge in [0, 0.05) is 18.4 Å². The quantitative estimate of drug-likeness (QED) is 0.483. The van der Waals surface area contributed by atoms with Gasteiger partial charge < -0.3 is 15.2 Å². The molecule has 162 valence electrons. The average molecular weight is 478 g/mol. The molecule has 2 amide bonds. The van der Waals surface area contributed by atoms with E-state index in [1.165, 1.54) is 11.8 Å². The number of halogens is 2. The summed E-state index contributed by atoms with van der Waals surface area (Å²) in [6.07, 6.45) is 0.0269. The Kier molecular flexibility index (Phi) is 7.59. The Labute approximate surface area is 194 Å². The molecule has 0 aliphatic rings. The van der Waals surface area contributed by atoms with E-state index >= 15 is 0 Å². The first-order valence-electron chi connectivity index (χ1n) is 9.35. The second-order valence-electron chi connectivity index (χ2n) is 7.02. The molecule has 10 heteroatoms. The molecule has 2 aromatic carbocycles. The van der Waals surface area contributed by atoms with Crippen LogP contribution < -0.4 is 10.6 Å². The van der Waals surface area contributed by atoms with Crippen LogP contribution in [-0.2, 0) is 23.1 Å². The second kappa shape index (κ2) is 10.2. The third-order valence-electron chi connectivity index (χ3n) is 4.28. The van der Waals surface area contributed by atoms with Crippen LogP contribution in [0.15, 0.2) is 41.6 Å². The maximum absolute atomic E-state index is 12.3. The first-order chi connectivity index (χ1) is 14.7. The fraction of sp³-hybridized carbons (Fsp3) is 0.238. The molecule has 3 rings (SSSR count). The summed E-state index contributed by atoms with van der Waals surface area (Å²) in [7, 11) is 1.76. The maximum Gasteiger partial charge on any atom is 0.234 e. The Morgan fingerprint density at radius 2 is 1.61 bits per heavy atom. The van der Waals surface area contributed by atoms with Gasteiger partial charge in [-0.1, -0.05) is 41.0 Å². The molecule has 0 bridgehead atoms. The first-order valence-corrected chi connectivity index (χ1v) is 11.1. The van der Waals surface area contributed by atoms with Gasteiger partial charge in [0.1, 0.15) is 5.82 Å². The smallest absolute Gasteiger partial charge is 0.234 e. The van der Waals surface area contributed by atoms with Crippen molar-refractivity contribution in [1.29, 1.82) is 0 Å². The molecule has 31 heavy (non-hydrogen) atoms. The van der Waals surface area contributed by atoms with Crippen LogP contribution in [-0.4, -0.2) is 32.3 Å². The standard InChI is InChI=1S/C21H21Cl2N5O2S/c1-12-6-13(2)8-15(7-12)25-20(30)11-31-21-27-26-18(28(21)3)10-19(29)24-14-4-5-16(22)17(23)9-14/h4-9H,10-11H2,1-3H3,(H,24,29)(H,25,30). The van der Waals surface area contributed by atoms with Crippen molar-refractivity contribution in [2.45, 2.75) is 25.4 Å². The lowest BCUT2D eigenvalue weighted by Gasteiger charge is -2.08. The third kappa shape index (κ3) is 6.46. The first kappa shape index (κ1) is 23.1. The summed E-state index contributed by atoms with van der Waals surface area (Å²) in [5, 5.41) is 15.1. The zero-order chi connectivity index (χ0) is 22.5. The molecule has 0 unspecified atom stereocenters. The van der Waals surface area contributed by atoms with Crippen LogP contribution in [0.25, 0.3) is 0 Å². The molecule has 7 nitrogen and oxygen atoms in total. The Balaban J connectivity index is 1.55. The van der Waals surface area contributed by atoms with Gasteiger partial charge in [-0.05, 0) is 55.3 Å². The number of benzene rings is 2. The van der Waals surface area contributed by atoms with Crippen molar-refractivity contribution < 1.29 is 9.59 Å². The highest BCUT2D eigenvalue weighted by molar-refractivity contribution is 7.99. The summed E-state index contributed by atoms with van der Waals surface area (Å²) >= 11 is 13.1. The van der Waals surface area contributed by atoms with Crippen molar-refractivity contribution >= 4 is 58.2 Å². The molecule has 0 radical (unpaired) electrons. The summed E-state index contributed by atoms with van der Waals surface area (Å²) in [6.45, 7) is 3.96. The minimum Gasteiger partial charge on any atom is -0.326 e. The fourth-order valence-electron chi connectivity index (χ4n) is 2.92. The third-order valence-corrected chi connectivity index (χ3v) is 6.04. The van der Waals surface area contributed by atoms with E-state index < -0.39 is 0 Å². The number of carbonyl (C=O) groups excluding carboxylic acids is 2. The Bertz CT molecular complexity index is 1110. The van der Waals surface area contributed by atoms with Gasteiger partial charge in [0.2, 0.25) is 11.8 Å². The molecular weight excluding hydrogens is 457 g/mol. The number of nitrogens with one attached hydrogen (secondary N) is 2.